The van der Waals surface area contributed by atoms with Crippen molar-refractivity contribution >= 4 is 0 Å². The van der Waals surface area contributed by atoms with Crippen LogP contribution in [0.5, 0.6) is 0 Å². The molecule has 0 amide bonds. The quantitative estimate of drug-likeness (QED) is 0.499. The molecule has 1 fully saturated rings. The standard InChI is InChI=1S/C11H22N2/c1-2-3-5-8-12-10-11-7-4-6-9-13-11/h2-3,11-13H,4-10H2,1H3/b3-2+. The number of allylic oxidation sites excluding steroid dienone is 1. The lowest BCUT2D eigenvalue weighted by Crippen LogP contribution is -2.41. The second-order valence-corrected chi connectivity index (χ2v) is 3.71. The molecule has 1 aliphatic heterocycles. The van der Waals surface area contributed by atoms with Gasteiger partial charge < -0.3 is 10.6 Å². The van der Waals surface area contributed by atoms with Gasteiger partial charge >= 0.3 is 0 Å². The molecule has 0 aliphatic carbocycles. The minimum Gasteiger partial charge on any atom is -0.315 e. The van der Waals surface area contributed by atoms with Gasteiger partial charge in [-0.05, 0) is 39.3 Å². The Labute approximate surface area is 81.8 Å². The van der Waals surface area contributed by atoms with Crippen molar-refractivity contribution in [2.24, 2.45) is 0 Å². The van der Waals surface area contributed by atoms with Gasteiger partial charge in [0.2, 0.25) is 0 Å². The van der Waals surface area contributed by atoms with Gasteiger partial charge in [0, 0.05) is 12.6 Å². The van der Waals surface area contributed by atoms with E-state index >= 15 is 0 Å². The number of hydrogen-bond donors (Lipinski definition) is 2. The van der Waals surface area contributed by atoms with Crippen LogP contribution in [-0.4, -0.2) is 25.7 Å². The molecule has 2 N–H and O–H groups in total. The largest absolute Gasteiger partial charge is 0.315 e. The summed E-state index contributed by atoms with van der Waals surface area (Å²) in [5.41, 5.74) is 0. The lowest BCUT2D eigenvalue weighted by atomic mass is 10.1. The summed E-state index contributed by atoms with van der Waals surface area (Å²) in [7, 11) is 0. The summed E-state index contributed by atoms with van der Waals surface area (Å²) in [6, 6.07) is 0.722. The number of nitrogens with one attached hydrogen (secondary N) is 2. The highest BCUT2D eigenvalue weighted by Crippen LogP contribution is 2.05. The van der Waals surface area contributed by atoms with Gasteiger partial charge in [-0.1, -0.05) is 18.6 Å². The second-order valence-electron chi connectivity index (χ2n) is 3.71. The summed E-state index contributed by atoms with van der Waals surface area (Å²) in [6.45, 7) is 5.53. The average Bonchev–Trinajstić information content (AvgIpc) is 2.19. The van der Waals surface area contributed by atoms with Crippen LogP contribution in [0.15, 0.2) is 12.2 Å². The molecule has 0 aromatic carbocycles. The van der Waals surface area contributed by atoms with Crippen molar-refractivity contribution in [2.45, 2.75) is 38.6 Å². The first-order chi connectivity index (χ1) is 6.43. The van der Waals surface area contributed by atoms with Gasteiger partial charge in [0.15, 0.2) is 0 Å². The first-order valence-electron chi connectivity index (χ1n) is 5.48. The van der Waals surface area contributed by atoms with Crippen molar-refractivity contribution in [1.82, 2.24) is 10.6 Å². The van der Waals surface area contributed by atoms with Crippen molar-refractivity contribution in [1.29, 1.82) is 0 Å². The summed E-state index contributed by atoms with van der Waals surface area (Å²) >= 11 is 0. The molecule has 0 saturated carbocycles. The molecule has 0 aromatic heterocycles. The Bertz CT molecular complexity index is 137. The van der Waals surface area contributed by atoms with Crippen LogP contribution in [-0.2, 0) is 0 Å². The molecule has 1 heterocycles. The Balaban J connectivity index is 1.92. The van der Waals surface area contributed by atoms with Crippen LogP contribution >= 0.6 is 0 Å². The van der Waals surface area contributed by atoms with E-state index in [1.165, 1.54) is 25.8 Å². The highest BCUT2D eigenvalue weighted by Gasteiger charge is 2.10. The Morgan fingerprint density at radius 2 is 2.38 bits per heavy atom. The second kappa shape index (κ2) is 7.10. The fourth-order valence-electron chi connectivity index (χ4n) is 1.73. The molecule has 2 nitrogen and oxygen atoms in total. The van der Waals surface area contributed by atoms with Crippen molar-refractivity contribution in [2.75, 3.05) is 19.6 Å². The van der Waals surface area contributed by atoms with Gasteiger partial charge in [0.1, 0.15) is 0 Å². The van der Waals surface area contributed by atoms with E-state index < -0.39 is 0 Å². The van der Waals surface area contributed by atoms with Gasteiger partial charge in [0.25, 0.3) is 0 Å². The first kappa shape index (κ1) is 10.7. The zero-order valence-corrected chi connectivity index (χ0v) is 8.68. The van der Waals surface area contributed by atoms with Gasteiger partial charge in [-0.15, -0.1) is 0 Å². The zero-order chi connectivity index (χ0) is 9.36. The van der Waals surface area contributed by atoms with Crippen LogP contribution in [0.4, 0.5) is 0 Å². The zero-order valence-electron chi connectivity index (χ0n) is 8.68. The molecular formula is C11H22N2. The van der Waals surface area contributed by atoms with Crippen LogP contribution in [0.1, 0.15) is 32.6 Å². The molecule has 2 heteroatoms. The molecule has 1 rings (SSSR count). The Morgan fingerprint density at radius 1 is 1.46 bits per heavy atom. The minimum absolute atomic E-state index is 0.722. The first-order valence-corrected chi connectivity index (χ1v) is 5.48. The van der Waals surface area contributed by atoms with E-state index in [-0.39, 0.29) is 0 Å². The van der Waals surface area contributed by atoms with E-state index in [4.69, 9.17) is 0 Å². The van der Waals surface area contributed by atoms with Gasteiger partial charge in [0.05, 0.1) is 0 Å². The SMILES string of the molecule is C/C=C/CCNCC1CCCCN1. The molecule has 0 aromatic rings. The number of hydrogen-bond acceptors (Lipinski definition) is 2. The highest BCUT2D eigenvalue weighted by molar-refractivity contribution is 4.79. The Morgan fingerprint density at radius 3 is 3.08 bits per heavy atom. The van der Waals surface area contributed by atoms with Crippen molar-refractivity contribution < 1.29 is 0 Å². The highest BCUT2D eigenvalue weighted by atomic mass is 15.0. The maximum atomic E-state index is 3.53. The molecule has 76 valence electrons. The third-order valence-electron chi connectivity index (χ3n) is 2.53. The van der Waals surface area contributed by atoms with E-state index in [2.05, 4.69) is 29.7 Å². The number of rotatable bonds is 5. The lowest BCUT2D eigenvalue weighted by Gasteiger charge is -2.23. The summed E-state index contributed by atoms with van der Waals surface area (Å²) in [6.07, 6.45) is 9.57. The summed E-state index contributed by atoms with van der Waals surface area (Å²) in [5.74, 6) is 0. The molecule has 1 atom stereocenters. The smallest absolute Gasteiger partial charge is 0.0192 e. The third-order valence-corrected chi connectivity index (χ3v) is 2.53. The van der Waals surface area contributed by atoms with E-state index in [9.17, 15) is 0 Å². The van der Waals surface area contributed by atoms with Crippen LogP contribution < -0.4 is 10.6 Å². The fraction of sp³-hybridized carbons (Fsp3) is 0.818. The van der Waals surface area contributed by atoms with Gasteiger partial charge in [-0.25, -0.2) is 0 Å². The fourth-order valence-corrected chi connectivity index (χ4v) is 1.73. The van der Waals surface area contributed by atoms with Crippen LogP contribution in [0.3, 0.4) is 0 Å². The molecule has 1 unspecified atom stereocenters. The molecule has 0 spiro atoms. The molecular weight excluding hydrogens is 160 g/mol. The van der Waals surface area contributed by atoms with Gasteiger partial charge in [-0.2, -0.15) is 0 Å². The predicted octanol–water partition coefficient (Wildman–Crippen LogP) is 1.68. The Kier molecular flexibility index (Phi) is 5.87. The normalized spacial score (nSPS) is 23.9. The topological polar surface area (TPSA) is 24.1 Å². The van der Waals surface area contributed by atoms with E-state index in [1.54, 1.807) is 0 Å². The van der Waals surface area contributed by atoms with E-state index in [0.29, 0.717) is 0 Å². The van der Waals surface area contributed by atoms with Crippen LogP contribution in [0.2, 0.25) is 0 Å². The maximum Gasteiger partial charge on any atom is 0.0192 e. The number of piperidine rings is 1. The predicted molar refractivity (Wildman–Crippen MR) is 57.9 cm³/mol. The van der Waals surface area contributed by atoms with Crippen LogP contribution in [0.25, 0.3) is 0 Å². The summed E-state index contributed by atoms with van der Waals surface area (Å²) < 4.78 is 0. The molecule has 0 radical (unpaired) electrons. The van der Waals surface area contributed by atoms with E-state index in [0.717, 1.165) is 25.6 Å². The molecule has 1 saturated heterocycles. The molecule has 1 aliphatic rings. The Hall–Kier alpha value is -0.340. The van der Waals surface area contributed by atoms with E-state index in [1.807, 2.05) is 0 Å². The summed E-state index contributed by atoms with van der Waals surface area (Å²) in [5, 5.41) is 7.01. The van der Waals surface area contributed by atoms with Crippen molar-refractivity contribution in [3.63, 3.8) is 0 Å². The van der Waals surface area contributed by atoms with Crippen LogP contribution in [0, 0.1) is 0 Å². The minimum atomic E-state index is 0.722. The van der Waals surface area contributed by atoms with Crippen molar-refractivity contribution in [3.8, 4) is 0 Å². The van der Waals surface area contributed by atoms with Crippen molar-refractivity contribution in [3.05, 3.63) is 12.2 Å². The lowest BCUT2D eigenvalue weighted by molar-refractivity contribution is 0.385. The maximum absolute atomic E-state index is 3.53. The molecule has 13 heavy (non-hydrogen) atoms. The monoisotopic (exact) mass is 182 g/mol. The average molecular weight is 182 g/mol. The summed E-state index contributed by atoms with van der Waals surface area (Å²) in [4.78, 5) is 0. The third kappa shape index (κ3) is 5.06. The van der Waals surface area contributed by atoms with Gasteiger partial charge in [-0.3, -0.25) is 0 Å². The molecule has 0 bridgehead atoms.